The number of hydrogen-bond donors (Lipinski definition) is 3. The molecule has 0 bridgehead atoms. The molecule has 206 valence electrons. The van der Waals surface area contributed by atoms with Gasteiger partial charge >= 0.3 is 5.97 Å². The lowest BCUT2D eigenvalue weighted by molar-refractivity contribution is -0.178. The predicted molar refractivity (Wildman–Crippen MR) is 139 cm³/mol. The lowest BCUT2D eigenvalue weighted by Gasteiger charge is -2.43. The monoisotopic (exact) mass is 529 g/mol. The highest BCUT2D eigenvalue weighted by Gasteiger charge is 2.53. The van der Waals surface area contributed by atoms with Crippen LogP contribution in [0.3, 0.4) is 0 Å². The number of rotatable bonds is 16. The van der Waals surface area contributed by atoms with Gasteiger partial charge in [-0.2, -0.15) is 0 Å². The maximum atomic E-state index is 12.9. The minimum absolute atomic E-state index is 0.0815. The summed E-state index contributed by atoms with van der Waals surface area (Å²) in [4.78, 5) is 36.6. The molecule has 8 nitrogen and oxygen atoms in total. The van der Waals surface area contributed by atoms with Crippen molar-refractivity contribution < 1.29 is 34.1 Å². The third kappa shape index (κ3) is 10.7. The Morgan fingerprint density at radius 2 is 1.94 bits per heavy atom. The number of ether oxygens (including phenoxy) is 2. The summed E-state index contributed by atoms with van der Waals surface area (Å²) in [6, 6.07) is 0. The molecule has 0 aromatic heterocycles. The maximum Gasteiger partial charge on any atom is 0.303 e. The number of ketones is 1. The van der Waals surface area contributed by atoms with Crippen LogP contribution >= 0.6 is 11.6 Å². The van der Waals surface area contributed by atoms with E-state index in [0.29, 0.717) is 6.42 Å². The van der Waals surface area contributed by atoms with Gasteiger partial charge in [0.25, 0.3) is 0 Å². The number of amides is 1. The number of Topliss-reactive ketones (excluding diaryl/α,β-unsaturated/α-hetero) is 1. The molecule has 0 saturated heterocycles. The van der Waals surface area contributed by atoms with Crippen LogP contribution in [-0.2, 0) is 23.9 Å². The molecule has 0 heterocycles. The fourth-order valence-electron chi connectivity index (χ4n) is 4.47. The quantitative estimate of drug-likeness (QED) is 0.157. The van der Waals surface area contributed by atoms with Crippen LogP contribution in [0.4, 0.5) is 0 Å². The molecule has 3 N–H and O–H groups in total. The molecule has 1 aliphatic carbocycles. The average Bonchev–Trinajstić information content (AvgIpc) is 2.82. The van der Waals surface area contributed by atoms with Crippen LogP contribution in [-0.4, -0.2) is 65.4 Å². The summed E-state index contributed by atoms with van der Waals surface area (Å²) >= 11 is 5.94. The molecule has 1 rings (SSSR count). The standard InChI is InChI=1S/C27H44ClNO7/c1-5-6-7-8-10-13-21(35-4)14-11-9-12-15-24(32)29-18-20(17-28)25-26(33)22(36-19(2)30)16-23(31)27(25,3)34/h9,11,17,21-23,25,31,34H,5-8,10,12-16,18H2,1-4H3,(H,29,32)/b11-9+,20-17-/t21-,22+,23+,25+,27-/m0/s1. The minimum Gasteiger partial charge on any atom is -0.454 e. The second-order valence-electron chi connectivity index (χ2n) is 9.68. The van der Waals surface area contributed by atoms with Crippen molar-refractivity contribution in [2.45, 2.75) is 109 Å². The van der Waals surface area contributed by atoms with Crippen LogP contribution < -0.4 is 5.32 Å². The molecule has 1 saturated carbocycles. The van der Waals surface area contributed by atoms with Crippen LogP contribution in [0.5, 0.6) is 0 Å². The number of nitrogens with one attached hydrogen (secondary N) is 1. The summed E-state index contributed by atoms with van der Waals surface area (Å²) in [6.45, 7) is 4.61. The Kier molecular flexibility index (Phi) is 15.2. The van der Waals surface area contributed by atoms with Gasteiger partial charge in [-0.05, 0) is 31.8 Å². The van der Waals surface area contributed by atoms with Gasteiger partial charge in [0.15, 0.2) is 11.9 Å². The van der Waals surface area contributed by atoms with Crippen molar-refractivity contribution in [3.63, 3.8) is 0 Å². The molecule has 0 spiro atoms. The van der Waals surface area contributed by atoms with Gasteiger partial charge in [-0.15, -0.1) is 0 Å². The zero-order valence-electron chi connectivity index (χ0n) is 22.1. The van der Waals surface area contributed by atoms with E-state index < -0.39 is 35.5 Å². The summed E-state index contributed by atoms with van der Waals surface area (Å²) in [6.07, 6.45) is 10.2. The van der Waals surface area contributed by atoms with E-state index in [9.17, 15) is 24.6 Å². The van der Waals surface area contributed by atoms with Gasteiger partial charge in [-0.1, -0.05) is 62.8 Å². The molecule has 0 aliphatic heterocycles. The average molecular weight is 530 g/mol. The van der Waals surface area contributed by atoms with Crippen molar-refractivity contribution in [1.82, 2.24) is 5.32 Å². The van der Waals surface area contributed by atoms with Crippen molar-refractivity contribution in [1.29, 1.82) is 0 Å². The molecule has 1 fully saturated rings. The smallest absolute Gasteiger partial charge is 0.303 e. The second kappa shape index (κ2) is 16.9. The molecule has 0 radical (unpaired) electrons. The number of esters is 1. The third-order valence-corrected chi connectivity index (χ3v) is 6.95. The molecule has 5 atom stereocenters. The zero-order valence-corrected chi connectivity index (χ0v) is 22.9. The summed E-state index contributed by atoms with van der Waals surface area (Å²) in [7, 11) is 1.72. The number of carbonyl (C=O) groups excluding carboxylic acids is 3. The molecule has 0 unspecified atom stereocenters. The number of allylic oxidation sites excluding steroid dienone is 1. The van der Waals surface area contributed by atoms with Gasteiger partial charge in [-0.3, -0.25) is 14.4 Å². The number of carbonyl (C=O) groups is 3. The molecule has 0 aromatic carbocycles. The van der Waals surface area contributed by atoms with Crippen LogP contribution in [0.1, 0.15) is 85.0 Å². The Hall–Kier alpha value is -1.74. The van der Waals surface area contributed by atoms with Gasteiger partial charge in [0.2, 0.25) is 5.91 Å². The second-order valence-corrected chi connectivity index (χ2v) is 9.90. The van der Waals surface area contributed by atoms with E-state index in [-0.39, 0.29) is 37.0 Å². The first-order chi connectivity index (χ1) is 17.1. The van der Waals surface area contributed by atoms with Gasteiger partial charge < -0.3 is 25.0 Å². The van der Waals surface area contributed by atoms with Crippen molar-refractivity contribution in [3.8, 4) is 0 Å². The summed E-state index contributed by atoms with van der Waals surface area (Å²) in [5.74, 6) is -2.70. The summed E-state index contributed by atoms with van der Waals surface area (Å²) < 4.78 is 10.6. The van der Waals surface area contributed by atoms with E-state index in [2.05, 4.69) is 12.2 Å². The van der Waals surface area contributed by atoms with Crippen LogP contribution in [0.15, 0.2) is 23.3 Å². The van der Waals surface area contributed by atoms with Gasteiger partial charge in [0.05, 0.1) is 18.1 Å². The van der Waals surface area contributed by atoms with E-state index in [4.69, 9.17) is 21.1 Å². The number of aliphatic hydroxyl groups is 2. The number of methoxy groups -OCH3 is 1. The third-order valence-electron chi connectivity index (χ3n) is 6.67. The van der Waals surface area contributed by atoms with E-state index in [0.717, 1.165) is 24.8 Å². The van der Waals surface area contributed by atoms with Crippen molar-refractivity contribution >= 4 is 29.3 Å². The van der Waals surface area contributed by atoms with E-state index in [1.165, 1.54) is 39.5 Å². The van der Waals surface area contributed by atoms with Crippen molar-refractivity contribution in [3.05, 3.63) is 23.3 Å². The Balaban J connectivity index is 2.53. The van der Waals surface area contributed by atoms with E-state index >= 15 is 0 Å². The van der Waals surface area contributed by atoms with Gasteiger partial charge in [-0.25, -0.2) is 0 Å². The van der Waals surface area contributed by atoms with Crippen molar-refractivity contribution in [2.24, 2.45) is 5.92 Å². The normalized spacial score (nSPS) is 25.7. The first-order valence-electron chi connectivity index (χ1n) is 12.9. The molecule has 1 amide bonds. The first kappa shape index (κ1) is 32.3. The highest BCUT2D eigenvalue weighted by atomic mass is 35.5. The lowest BCUT2D eigenvalue weighted by Crippen LogP contribution is -2.59. The molecule has 1 aliphatic rings. The molecule has 0 aromatic rings. The number of unbranched alkanes of at least 4 members (excludes halogenated alkanes) is 4. The predicted octanol–water partition coefficient (Wildman–Crippen LogP) is 3.96. The Morgan fingerprint density at radius 3 is 2.56 bits per heavy atom. The highest BCUT2D eigenvalue weighted by molar-refractivity contribution is 6.26. The Labute approximate surface area is 220 Å². The molecule has 36 heavy (non-hydrogen) atoms. The van der Waals surface area contributed by atoms with Crippen LogP contribution in [0, 0.1) is 5.92 Å². The number of hydrogen-bond acceptors (Lipinski definition) is 7. The molecular weight excluding hydrogens is 486 g/mol. The summed E-state index contributed by atoms with van der Waals surface area (Å²) in [5.41, 5.74) is -0.475. The topological polar surface area (TPSA) is 122 Å². The number of aliphatic hydroxyl groups excluding tert-OH is 1. The molecule has 9 heteroatoms. The van der Waals surface area contributed by atoms with Crippen LogP contribution in [0.2, 0.25) is 0 Å². The van der Waals surface area contributed by atoms with Crippen LogP contribution in [0.25, 0.3) is 0 Å². The Bertz CT molecular complexity index is 765. The van der Waals surface area contributed by atoms with E-state index in [1.807, 2.05) is 12.2 Å². The fraction of sp³-hybridized carbons (Fsp3) is 0.741. The fourth-order valence-corrected chi connectivity index (χ4v) is 4.67. The maximum absolute atomic E-state index is 12.9. The largest absolute Gasteiger partial charge is 0.454 e. The molecular formula is C27H44ClNO7. The SMILES string of the molecule is CCCCCCC[C@@H](C/C=C/CCC(=O)NC/C(=C/Cl)[C@@H]1C(=O)[C@H](OC(C)=O)C[C@@H](O)[C@]1(C)O)OC. The highest BCUT2D eigenvalue weighted by Crippen LogP contribution is 2.37. The van der Waals surface area contributed by atoms with E-state index in [1.54, 1.807) is 7.11 Å². The lowest BCUT2D eigenvalue weighted by atomic mass is 9.69. The van der Waals surface area contributed by atoms with Crippen molar-refractivity contribution in [2.75, 3.05) is 13.7 Å². The first-order valence-corrected chi connectivity index (χ1v) is 13.4. The number of halogens is 1. The van der Waals surface area contributed by atoms with Gasteiger partial charge in [0.1, 0.15) is 5.60 Å². The zero-order chi connectivity index (χ0) is 27.1. The van der Waals surface area contributed by atoms with Gasteiger partial charge in [0, 0.05) is 39.0 Å². The summed E-state index contributed by atoms with van der Waals surface area (Å²) in [5, 5.41) is 23.9. The Morgan fingerprint density at radius 1 is 1.25 bits per heavy atom. The minimum atomic E-state index is -1.82.